The fourth-order valence-corrected chi connectivity index (χ4v) is 4.01. The topological polar surface area (TPSA) is 42.0 Å². The Labute approximate surface area is 146 Å². The van der Waals surface area contributed by atoms with E-state index in [0.29, 0.717) is 16.1 Å². The van der Waals surface area contributed by atoms with Gasteiger partial charge in [0.15, 0.2) is 11.6 Å². The minimum atomic E-state index is -0.928. The van der Waals surface area contributed by atoms with Crippen molar-refractivity contribution in [3.05, 3.63) is 63.5 Å². The molecule has 124 valence electrons. The van der Waals surface area contributed by atoms with Crippen molar-refractivity contribution in [2.24, 2.45) is 0 Å². The number of nitrogens with one attached hydrogen (secondary N) is 1. The Hall–Kier alpha value is -2.12. The molecule has 0 bridgehead atoms. The molecule has 24 heavy (non-hydrogen) atoms. The minimum Gasteiger partial charge on any atom is -0.345 e. The molecule has 0 unspecified atom stereocenters. The number of nitrogens with zero attached hydrogens (tertiary/aromatic N) is 1. The zero-order chi connectivity index (χ0) is 17.3. The average molecular weight is 364 g/mol. The van der Waals surface area contributed by atoms with E-state index in [-0.39, 0.29) is 5.91 Å². The largest absolute Gasteiger partial charge is 0.345 e. The Morgan fingerprint density at radius 2 is 2.04 bits per heavy atom. The van der Waals surface area contributed by atoms with Gasteiger partial charge in [0.1, 0.15) is 9.88 Å². The van der Waals surface area contributed by atoms with E-state index in [4.69, 9.17) is 0 Å². The maximum Gasteiger partial charge on any atom is 0.263 e. The van der Waals surface area contributed by atoms with Crippen molar-refractivity contribution in [1.82, 2.24) is 10.3 Å². The van der Waals surface area contributed by atoms with Crippen molar-refractivity contribution in [2.45, 2.75) is 19.9 Å². The van der Waals surface area contributed by atoms with Gasteiger partial charge in [-0.05, 0) is 43.0 Å². The molecule has 0 fully saturated rings. The predicted molar refractivity (Wildman–Crippen MR) is 92.4 cm³/mol. The van der Waals surface area contributed by atoms with Crippen LogP contribution in [0.15, 0.2) is 35.7 Å². The van der Waals surface area contributed by atoms with Gasteiger partial charge in [0, 0.05) is 0 Å². The number of hydrogen-bond acceptors (Lipinski definition) is 4. The van der Waals surface area contributed by atoms with Gasteiger partial charge in [0.25, 0.3) is 5.91 Å². The van der Waals surface area contributed by atoms with Crippen molar-refractivity contribution in [3.63, 3.8) is 0 Å². The SMILES string of the molecule is Cc1nc(-c2cccs2)sc1C(=O)N[C@@H](C)c1ccc(F)c(F)c1. The first-order chi connectivity index (χ1) is 11.5. The summed E-state index contributed by atoms with van der Waals surface area (Å²) < 4.78 is 26.3. The molecule has 3 aromatic rings. The molecule has 0 saturated carbocycles. The van der Waals surface area contributed by atoms with Crippen LogP contribution in [0.5, 0.6) is 0 Å². The molecular weight excluding hydrogens is 350 g/mol. The molecule has 3 nitrogen and oxygen atoms in total. The number of amides is 1. The Morgan fingerprint density at radius 1 is 1.25 bits per heavy atom. The van der Waals surface area contributed by atoms with Crippen LogP contribution in [0.1, 0.15) is 33.9 Å². The van der Waals surface area contributed by atoms with Crippen LogP contribution in [0.2, 0.25) is 0 Å². The summed E-state index contributed by atoms with van der Waals surface area (Å²) in [5, 5.41) is 5.56. The minimum absolute atomic E-state index is 0.273. The highest BCUT2D eigenvalue weighted by Crippen LogP contribution is 2.31. The quantitative estimate of drug-likeness (QED) is 0.712. The Morgan fingerprint density at radius 3 is 2.71 bits per heavy atom. The lowest BCUT2D eigenvalue weighted by atomic mass is 10.1. The number of carbonyl (C=O) groups is 1. The summed E-state index contributed by atoms with van der Waals surface area (Å²) in [4.78, 5) is 18.4. The van der Waals surface area contributed by atoms with Gasteiger partial charge < -0.3 is 5.32 Å². The van der Waals surface area contributed by atoms with Crippen LogP contribution in [-0.2, 0) is 0 Å². The number of aromatic nitrogens is 1. The molecule has 1 aromatic carbocycles. The summed E-state index contributed by atoms with van der Waals surface area (Å²) in [5.74, 6) is -2.11. The summed E-state index contributed by atoms with van der Waals surface area (Å²) in [6.07, 6.45) is 0. The van der Waals surface area contributed by atoms with Gasteiger partial charge in [0.2, 0.25) is 0 Å². The standard InChI is InChI=1S/C17H14F2N2OS2/c1-9(11-5-6-12(18)13(19)8-11)20-16(22)15-10(2)21-17(24-15)14-4-3-7-23-14/h3-9H,1-2H3,(H,20,22)/t9-/m0/s1. The Bertz CT molecular complexity index is 875. The zero-order valence-corrected chi connectivity index (χ0v) is 14.6. The molecule has 0 aliphatic heterocycles. The fourth-order valence-electron chi connectivity index (χ4n) is 2.24. The summed E-state index contributed by atoms with van der Waals surface area (Å²) >= 11 is 2.88. The molecule has 0 aliphatic carbocycles. The first kappa shape index (κ1) is 16.7. The number of thiophene rings is 1. The Balaban J connectivity index is 1.78. The number of carbonyl (C=O) groups excluding carboxylic acids is 1. The van der Waals surface area contributed by atoms with E-state index in [1.807, 2.05) is 17.5 Å². The molecule has 0 saturated heterocycles. The normalized spacial score (nSPS) is 12.2. The van der Waals surface area contributed by atoms with Gasteiger partial charge >= 0.3 is 0 Å². The van der Waals surface area contributed by atoms with E-state index in [9.17, 15) is 13.6 Å². The summed E-state index contributed by atoms with van der Waals surface area (Å²) in [7, 11) is 0. The average Bonchev–Trinajstić information content (AvgIpc) is 3.19. The zero-order valence-electron chi connectivity index (χ0n) is 13.0. The predicted octanol–water partition coefficient (Wildman–Crippen LogP) is 4.95. The van der Waals surface area contributed by atoms with Crippen LogP contribution in [0, 0.1) is 18.6 Å². The van der Waals surface area contributed by atoms with Crippen LogP contribution < -0.4 is 5.32 Å². The number of hydrogen-bond donors (Lipinski definition) is 1. The molecule has 2 aromatic heterocycles. The number of halogens is 2. The van der Waals surface area contributed by atoms with Crippen LogP contribution >= 0.6 is 22.7 Å². The van der Waals surface area contributed by atoms with Crippen LogP contribution in [0.4, 0.5) is 8.78 Å². The first-order valence-corrected chi connectivity index (χ1v) is 8.92. The number of benzene rings is 1. The van der Waals surface area contributed by atoms with Crippen LogP contribution in [0.25, 0.3) is 9.88 Å². The van der Waals surface area contributed by atoms with Gasteiger partial charge in [-0.15, -0.1) is 22.7 Å². The summed E-state index contributed by atoms with van der Waals surface area (Å²) in [6.45, 7) is 3.51. The lowest BCUT2D eigenvalue weighted by molar-refractivity contribution is 0.0943. The second-order valence-corrected chi connectivity index (χ2v) is 7.23. The maximum absolute atomic E-state index is 13.3. The highest BCUT2D eigenvalue weighted by atomic mass is 32.1. The Kier molecular flexibility index (Phi) is 4.73. The van der Waals surface area contributed by atoms with Crippen molar-refractivity contribution >= 4 is 28.6 Å². The molecule has 0 radical (unpaired) electrons. The summed E-state index contributed by atoms with van der Waals surface area (Å²) in [5.41, 5.74) is 1.15. The van der Waals surface area contributed by atoms with E-state index in [1.54, 1.807) is 25.2 Å². The van der Waals surface area contributed by atoms with Gasteiger partial charge in [0.05, 0.1) is 16.6 Å². The van der Waals surface area contributed by atoms with Crippen molar-refractivity contribution in [2.75, 3.05) is 0 Å². The highest BCUT2D eigenvalue weighted by Gasteiger charge is 2.19. The van der Waals surface area contributed by atoms with Crippen LogP contribution in [0.3, 0.4) is 0 Å². The van der Waals surface area contributed by atoms with E-state index >= 15 is 0 Å². The molecule has 3 rings (SSSR count). The molecule has 7 heteroatoms. The maximum atomic E-state index is 13.3. The van der Waals surface area contributed by atoms with Crippen molar-refractivity contribution < 1.29 is 13.6 Å². The molecular formula is C17H14F2N2OS2. The highest BCUT2D eigenvalue weighted by molar-refractivity contribution is 7.22. The van der Waals surface area contributed by atoms with E-state index in [0.717, 1.165) is 22.0 Å². The smallest absolute Gasteiger partial charge is 0.263 e. The molecule has 0 aliphatic rings. The van der Waals surface area contributed by atoms with Gasteiger partial charge in [-0.3, -0.25) is 4.79 Å². The number of rotatable bonds is 4. The van der Waals surface area contributed by atoms with E-state index < -0.39 is 17.7 Å². The summed E-state index contributed by atoms with van der Waals surface area (Å²) in [6, 6.07) is 7.05. The molecule has 0 spiro atoms. The van der Waals surface area contributed by atoms with Crippen molar-refractivity contribution in [3.8, 4) is 9.88 Å². The van der Waals surface area contributed by atoms with Gasteiger partial charge in [-0.1, -0.05) is 12.1 Å². The third-order valence-electron chi connectivity index (χ3n) is 3.53. The molecule has 1 atom stereocenters. The molecule has 1 amide bonds. The second-order valence-electron chi connectivity index (χ2n) is 5.28. The van der Waals surface area contributed by atoms with Crippen LogP contribution in [-0.4, -0.2) is 10.9 Å². The second kappa shape index (κ2) is 6.78. The van der Waals surface area contributed by atoms with Gasteiger partial charge in [-0.25, -0.2) is 13.8 Å². The molecule has 1 N–H and O–H groups in total. The lowest BCUT2D eigenvalue weighted by Crippen LogP contribution is -2.26. The number of aryl methyl sites for hydroxylation is 1. The third-order valence-corrected chi connectivity index (χ3v) is 5.72. The fraction of sp³-hybridized carbons (Fsp3) is 0.176. The third kappa shape index (κ3) is 3.37. The van der Waals surface area contributed by atoms with E-state index in [1.165, 1.54) is 17.4 Å². The van der Waals surface area contributed by atoms with Gasteiger partial charge in [-0.2, -0.15) is 0 Å². The number of thiazole rings is 1. The monoisotopic (exact) mass is 364 g/mol. The molecule has 2 heterocycles. The van der Waals surface area contributed by atoms with Crippen molar-refractivity contribution in [1.29, 1.82) is 0 Å². The van der Waals surface area contributed by atoms with E-state index in [2.05, 4.69) is 10.3 Å². The first-order valence-electron chi connectivity index (χ1n) is 7.23. The lowest BCUT2D eigenvalue weighted by Gasteiger charge is -2.14.